The third-order valence-electron chi connectivity index (χ3n) is 5.43. The molecule has 4 rings (SSSR count). The average Bonchev–Trinajstić information content (AvgIpc) is 3.36. The maximum atomic E-state index is 14.2. The van der Waals surface area contributed by atoms with Crippen molar-refractivity contribution in [2.75, 3.05) is 16.4 Å². The van der Waals surface area contributed by atoms with Gasteiger partial charge in [-0.15, -0.1) is 23.2 Å². The van der Waals surface area contributed by atoms with Gasteiger partial charge in [0.05, 0.1) is 22.2 Å². The lowest BCUT2D eigenvalue weighted by molar-refractivity contribution is -0.117. The van der Waals surface area contributed by atoms with E-state index < -0.39 is 51.1 Å². The largest absolute Gasteiger partial charge is 0.394 e. The number of nitrogens with one attached hydrogen (secondary N) is 2. The molecule has 3 aromatic rings. The molecule has 2 unspecified atom stereocenters. The van der Waals surface area contributed by atoms with Gasteiger partial charge in [0.25, 0.3) is 5.91 Å². The molecule has 0 aromatic heterocycles. The number of hydrogen-bond donors (Lipinski definition) is 3. The highest BCUT2D eigenvalue weighted by atomic mass is 79.9. The van der Waals surface area contributed by atoms with Crippen LogP contribution in [0.5, 0.6) is 0 Å². The van der Waals surface area contributed by atoms with Crippen molar-refractivity contribution in [1.29, 1.82) is 0 Å². The molecule has 2 amide bonds. The van der Waals surface area contributed by atoms with Crippen molar-refractivity contribution in [2.45, 2.75) is 10.3 Å². The SMILES string of the molecule is Nc1c(F)ccc(NC(=O)c2cc(NC(=O)C3C(c4cc(F)cc(Br)c4)C3(Cl)Cl)ccc2Cl)c1F. The first-order valence-electron chi connectivity index (χ1n) is 9.89. The van der Waals surface area contributed by atoms with Crippen LogP contribution in [0.2, 0.25) is 5.02 Å². The minimum Gasteiger partial charge on any atom is -0.394 e. The first kappa shape index (κ1) is 25.6. The zero-order valence-corrected chi connectivity index (χ0v) is 21.2. The summed E-state index contributed by atoms with van der Waals surface area (Å²) in [5, 5.41) is 4.88. The molecule has 12 heteroatoms. The van der Waals surface area contributed by atoms with Crippen LogP contribution >= 0.6 is 50.7 Å². The number of anilines is 3. The fourth-order valence-corrected chi connectivity index (χ4v) is 5.19. The lowest BCUT2D eigenvalue weighted by atomic mass is 10.1. The second-order valence-corrected chi connectivity index (χ2v) is 10.6. The predicted molar refractivity (Wildman–Crippen MR) is 134 cm³/mol. The van der Waals surface area contributed by atoms with Crippen LogP contribution < -0.4 is 16.4 Å². The Kier molecular flexibility index (Phi) is 6.98. The maximum absolute atomic E-state index is 14.2. The topological polar surface area (TPSA) is 84.2 Å². The van der Waals surface area contributed by atoms with E-state index in [0.29, 0.717) is 10.0 Å². The number of carbonyl (C=O) groups excluding carboxylic acids is 2. The van der Waals surface area contributed by atoms with Gasteiger partial charge in [0.1, 0.15) is 21.7 Å². The number of nitrogens with two attached hydrogens (primary N) is 1. The van der Waals surface area contributed by atoms with Crippen molar-refractivity contribution in [3.63, 3.8) is 0 Å². The number of hydrogen-bond acceptors (Lipinski definition) is 3. The van der Waals surface area contributed by atoms with Crippen LogP contribution in [0.15, 0.2) is 53.0 Å². The lowest BCUT2D eigenvalue weighted by Gasteiger charge is -2.11. The molecular formula is C23H14BrCl3F3N3O2. The van der Waals surface area contributed by atoms with E-state index >= 15 is 0 Å². The molecule has 1 aliphatic carbocycles. The molecule has 3 aromatic carbocycles. The number of benzene rings is 3. The van der Waals surface area contributed by atoms with Crippen LogP contribution in [0.1, 0.15) is 21.8 Å². The van der Waals surface area contributed by atoms with E-state index in [4.69, 9.17) is 40.5 Å². The number of rotatable bonds is 5. The Morgan fingerprint density at radius 2 is 1.71 bits per heavy atom. The highest BCUT2D eigenvalue weighted by Crippen LogP contribution is 2.65. The molecule has 2 atom stereocenters. The quantitative estimate of drug-likeness (QED) is 0.218. The summed E-state index contributed by atoms with van der Waals surface area (Å²) in [6.45, 7) is 0. The van der Waals surface area contributed by atoms with Gasteiger partial charge in [-0.1, -0.05) is 27.5 Å². The molecule has 35 heavy (non-hydrogen) atoms. The molecule has 0 radical (unpaired) electrons. The van der Waals surface area contributed by atoms with Crippen LogP contribution in [0, 0.1) is 23.4 Å². The normalized spacial score (nSPS) is 18.1. The minimum atomic E-state index is -1.47. The molecule has 4 N–H and O–H groups in total. The summed E-state index contributed by atoms with van der Waals surface area (Å²) in [6.07, 6.45) is 0. The fraction of sp³-hybridized carbons (Fsp3) is 0.130. The van der Waals surface area contributed by atoms with Crippen molar-refractivity contribution in [2.24, 2.45) is 5.92 Å². The van der Waals surface area contributed by atoms with E-state index in [1.54, 1.807) is 6.07 Å². The summed E-state index contributed by atoms with van der Waals surface area (Å²) >= 11 is 21.9. The second-order valence-electron chi connectivity index (χ2n) is 7.79. The summed E-state index contributed by atoms with van der Waals surface area (Å²) < 4.78 is 40.4. The highest BCUT2D eigenvalue weighted by Gasteiger charge is 2.67. The number of carbonyl (C=O) groups is 2. The Morgan fingerprint density at radius 1 is 1.00 bits per heavy atom. The van der Waals surface area contributed by atoms with Crippen molar-refractivity contribution in [1.82, 2.24) is 0 Å². The third kappa shape index (κ3) is 5.09. The van der Waals surface area contributed by atoms with Crippen LogP contribution in [0.25, 0.3) is 0 Å². The van der Waals surface area contributed by atoms with E-state index in [0.717, 1.165) is 12.1 Å². The number of amides is 2. The molecule has 0 aliphatic heterocycles. The van der Waals surface area contributed by atoms with E-state index in [1.165, 1.54) is 30.3 Å². The van der Waals surface area contributed by atoms with E-state index in [-0.39, 0.29) is 22.0 Å². The van der Waals surface area contributed by atoms with Crippen molar-refractivity contribution < 1.29 is 22.8 Å². The van der Waals surface area contributed by atoms with Gasteiger partial charge in [-0.05, 0) is 54.1 Å². The minimum absolute atomic E-state index is 0.00827. The Balaban J connectivity index is 1.52. The van der Waals surface area contributed by atoms with Gasteiger partial charge in [-0.2, -0.15) is 0 Å². The molecule has 0 spiro atoms. The van der Waals surface area contributed by atoms with Crippen LogP contribution in [0.3, 0.4) is 0 Å². The Morgan fingerprint density at radius 3 is 2.40 bits per heavy atom. The number of nitrogen functional groups attached to an aromatic ring is 1. The zero-order valence-electron chi connectivity index (χ0n) is 17.3. The van der Waals surface area contributed by atoms with Gasteiger partial charge >= 0.3 is 0 Å². The summed E-state index contributed by atoms with van der Waals surface area (Å²) in [7, 11) is 0. The molecule has 0 heterocycles. The predicted octanol–water partition coefficient (Wildman–Crippen LogP) is 6.88. The van der Waals surface area contributed by atoms with Crippen LogP contribution in [-0.4, -0.2) is 16.1 Å². The molecule has 1 fully saturated rings. The molecule has 1 saturated carbocycles. The van der Waals surface area contributed by atoms with Crippen LogP contribution in [-0.2, 0) is 4.79 Å². The third-order valence-corrected chi connectivity index (χ3v) is 7.16. The van der Waals surface area contributed by atoms with Gasteiger partial charge in [0.2, 0.25) is 5.91 Å². The first-order chi connectivity index (χ1) is 16.4. The molecule has 1 aliphatic rings. The summed E-state index contributed by atoms with van der Waals surface area (Å²) in [6, 6.07) is 10.1. The van der Waals surface area contributed by atoms with Crippen molar-refractivity contribution in [3.05, 3.63) is 86.6 Å². The first-order valence-corrected chi connectivity index (χ1v) is 11.8. The van der Waals surface area contributed by atoms with Gasteiger partial charge < -0.3 is 16.4 Å². The lowest BCUT2D eigenvalue weighted by Crippen LogP contribution is -2.18. The molecule has 182 valence electrons. The van der Waals surface area contributed by atoms with Gasteiger partial charge in [-0.3, -0.25) is 9.59 Å². The van der Waals surface area contributed by atoms with E-state index in [1.807, 2.05) is 0 Å². The van der Waals surface area contributed by atoms with E-state index in [2.05, 4.69) is 26.6 Å². The molecular weight excluding hydrogens is 594 g/mol. The second kappa shape index (κ2) is 9.54. The van der Waals surface area contributed by atoms with Crippen molar-refractivity contribution in [3.8, 4) is 0 Å². The summed E-state index contributed by atoms with van der Waals surface area (Å²) in [4.78, 5) is 25.6. The molecule has 5 nitrogen and oxygen atoms in total. The monoisotopic (exact) mass is 605 g/mol. The summed E-state index contributed by atoms with van der Waals surface area (Å²) in [5.74, 6) is -5.58. The highest BCUT2D eigenvalue weighted by molar-refractivity contribution is 9.10. The molecule has 0 saturated heterocycles. The Hall–Kier alpha value is -2.46. The fourth-order valence-electron chi connectivity index (χ4n) is 3.68. The van der Waals surface area contributed by atoms with Gasteiger partial charge in [-0.25, -0.2) is 13.2 Å². The Bertz CT molecular complexity index is 1350. The van der Waals surface area contributed by atoms with Crippen molar-refractivity contribution >= 4 is 79.6 Å². The number of halogens is 7. The number of alkyl halides is 2. The Labute approximate surface area is 220 Å². The smallest absolute Gasteiger partial charge is 0.257 e. The molecule has 0 bridgehead atoms. The van der Waals surface area contributed by atoms with Gasteiger partial charge in [0.15, 0.2) is 5.82 Å². The maximum Gasteiger partial charge on any atom is 0.257 e. The zero-order chi connectivity index (χ0) is 25.7. The average molecular weight is 608 g/mol. The van der Waals surface area contributed by atoms with E-state index in [9.17, 15) is 22.8 Å². The van der Waals surface area contributed by atoms with Crippen LogP contribution in [0.4, 0.5) is 30.2 Å². The standard InChI is InChI=1S/C23H14BrCl3F3N3O2/c24-10-5-9(6-11(28)7-10)17-18(23(17,26)27)22(35)32-12-1-2-14(25)13(8-12)21(34)33-16-4-3-15(29)20(31)19(16)30/h1-8,17-18H,31H2,(H,32,35)(H,33,34). The summed E-state index contributed by atoms with van der Waals surface area (Å²) in [5.41, 5.74) is 4.74. The van der Waals surface area contributed by atoms with Gasteiger partial charge in [0, 0.05) is 16.1 Å².